The number of nitriles is 1. The summed E-state index contributed by atoms with van der Waals surface area (Å²) >= 11 is 0. The Bertz CT molecular complexity index is 1210. The summed E-state index contributed by atoms with van der Waals surface area (Å²) in [5, 5.41) is 9.84. The van der Waals surface area contributed by atoms with E-state index < -0.39 is 16.4 Å². The zero-order valence-corrected chi connectivity index (χ0v) is 23.0. The fourth-order valence-electron chi connectivity index (χ4n) is 9.89. The van der Waals surface area contributed by atoms with Gasteiger partial charge in [-0.05, 0) is 79.1 Å². The molecule has 0 aromatic rings. The smallest absolute Gasteiger partial charge is 0.235 e. The standard InChI is InChI=1S/C31H40N2O3/c1-26(2)10-12-31(33-18-34)13-11-30(7)24(20(31)16-26)21(35)14-23-28(5)15-19(17-32)25(36)27(3,4)22(28)8-9-29(23,30)6/h14-15,20,22,24H,8-13,16H2,1-7H3/t20-,22-,24?,28-,29+,30+,31?/m0/s1. The normalized spacial score (nSPS) is 46.4. The first-order valence-corrected chi connectivity index (χ1v) is 13.7. The fourth-order valence-corrected chi connectivity index (χ4v) is 9.89. The molecule has 0 bridgehead atoms. The predicted octanol–water partition coefficient (Wildman–Crippen LogP) is 6.29. The first-order valence-electron chi connectivity index (χ1n) is 13.7. The first-order chi connectivity index (χ1) is 16.6. The van der Waals surface area contributed by atoms with Crippen molar-refractivity contribution in [3.05, 3.63) is 23.3 Å². The molecule has 3 saturated carbocycles. The van der Waals surface area contributed by atoms with E-state index in [-0.39, 0.29) is 51.1 Å². The maximum absolute atomic E-state index is 14.3. The second kappa shape index (κ2) is 7.38. The third-order valence-corrected chi connectivity index (χ3v) is 12.1. The molecule has 3 fully saturated rings. The Kier molecular flexibility index (Phi) is 5.20. The van der Waals surface area contributed by atoms with Crippen LogP contribution >= 0.6 is 0 Å². The van der Waals surface area contributed by atoms with Gasteiger partial charge in [-0.15, -0.1) is 0 Å². The van der Waals surface area contributed by atoms with E-state index >= 15 is 0 Å². The number of nitrogens with zero attached hydrogens (tertiary/aromatic N) is 2. The van der Waals surface area contributed by atoms with Crippen LogP contribution in [0.15, 0.2) is 28.3 Å². The molecule has 0 aromatic heterocycles. The Morgan fingerprint density at radius 3 is 2.28 bits per heavy atom. The van der Waals surface area contributed by atoms with Crippen LogP contribution < -0.4 is 0 Å². The third kappa shape index (κ3) is 2.94. The summed E-state index contributed by atoms with van der Waals surface area (Å²) in [5.41, 5.74) is -0.793. The second-order valence-electron chi connectivity index (χ2n) is 14.6. The van der Waals surface area contributed by atoms with Gasteiger partial charge in [-0.3, -0.25) is 9.59 Å². The maximum Gasteiger partial charge on any atom is 0.235 e. The molecule has 0 N–H and O–H groups in total. The van der Waals surface area contributed by atoms with Crippen molar-refractivity contribution in [2.75, 3.05) is 0 Å². The van der Waals surface area contributed by atoms with Gasteiger partial charge >= 0.3 is 0 Å². The number of carbonyl (C=O) groups excluding carboxylic acids is 3. The maximum atomic E-state index is 14.3. The van der Waals surface area contributed by atoms with Crippen LogP contribution in [0, 0.1) is 56.2 Å². The van der Waals surface area contributed by atoms with Gasteiger partial charge < -0.3 is 0 Å². The topological polar surface area (TPSA) is 87.4 Å². The Balaban J connectivity index is 1.71. The number of hydrogen-bond acceptors (Lipinski definition) is 5. The zero-order chi connectivity index (χ0) is 26.5. The van der Waals surface area contributed by atoms with Gasteiger partial charge in [-0.1, -0.05) is 60.1 Å². The molecular formula is C31H40N2O3. The van der Waals surface area contributed by atoms with Gasteiger partial charge in [0.05, 0.1) is 11.1 Å². The zero-order valence-electron chi connectivity index (χ0n) is 23.0. The van der Waals surface area contributed by atoms with Gasteiger partial charge in [0.15, 0.2) is 11.6 Å². The predicted molar refractivity (Wildman–Crippen MR) is 137 cm³/mol. The average Bonchev–Trinajstić information content (AvgIpc) is 2.79. The van der Waals surface area contributed by atoms with Crippen LogP contribution in [-0.4, -0.2) is 23.2 Å². The quantitative estimate of drug-likeness (QED) is 0.320. The van der Waals surface area contributed by atoms with E-state index in [2.05, 4.69) is 45.7 Å². The van der Waals surface area contributed by atoms with Gasteiger partial charge in [-0.25, -0.2) is 4.79 Å². The molecule has 0 aliphatic heterocycles. The molecule has 7 atom stereocenters. The van der Waals surface area contributed by atoms with Crippen molar-refractivity contribution in [3.63, 3.8) is 0 Å². The van der Waals surface area contributed by atoms with E-state index in [1.807, 2.05) is 32.1 Å². The number of carbonyl (C=O) groups is 2. The molecule has 0 spiro atoms. The fraction of sp³-hybridized carbons (Fsp3) is 0.742. The molecule has 0 saturated heterocycles. The average molecular weight is 489 g/mol. The monoisotopic (exact) mass is 488 g/mol. The van der Waals surface area contributed by atoms with Gasteiger partial charge in [0.2, 0.25) is 6.08 Å². The lowest BCUT2D eigenvalue weighted by molar-refractivity contribution is -0.158. The Labute approximate surface area is 215 Å². The number of fused-ring (bicyclic) bond motifs is 7. The Morgan fingerprint density at radius 2 is 1.64 bits per heavy atom. The van der Waals surface area contributed by atoms with Crippen LogP contribution in [-0.2, 0) is 14.4 Å². The molecule has 5 aliphatic rings. The van der Waals surface area contributed by atoms with Gasteiger partial charge in [-0.2, -0.15) is 10.3 Å². The first kappa shape index (κ1) is 25.3. The van der Waals surface area contributed by atoms with E-state index in [0.29, 0.717) is 0 Å². The number of allylic oxidation sites excluding steroid dienone is 4. The van der Waals surface area contributed by atoms with Crippen molar-refractivity contribution in [3.8, 4) is 6.07 Å². The van der Waals surface area contributed by atoms with Gasteiger partial charge in [0.1, 0.15) is 6.07 Å². The van der Waals surface area contributed by atoms with Crippen LogP contribution in [0.3, 0.4) is 0 Å². The third-order valence-electron chi connectivity index (χ3n) is 12.1. The molecule has 5 heteroatoms. The van der Waals surface area contributed by atoms with Crippen LogP contribution in [0.4, 0.5) is 0 Å². The highest BCUT2D eigenvalue weighted by Crippen LogP contribution is 2.73. The molecule has 0 heterocycles. The molecule has 0 radical (unpaired) electrons. The molecule has 2 unspecified atom stereocenters. The van der Waals surface area contributed by atoms with E-state index in [1.54, 1.807) is 0 Å². The number of hydrogen-bond donors (Lipinski definition) is 0. The molecule has 5 aliphatic carbocycles. The molecule has 5 nitrogen and oxygen atoms in total. The molecule has 0 amide bonds. The molecule has 36 heavy (non-hydrogen) atoms. The van der Waals surface area contributed by atoms with E-state index in [0.717, 1.165) is 50.5 Å². The Morgan fingerprint density at radius 1 is 0.972 bits per heavy atom. The van der Waals surface area contributed by atoms with Gasteiger partial charge in [0.25, 0.3) is 0 Å². The highest BCUT2D eigenvalue weighted by Gasteiger charge is 2.70. The Hall–Kier alpha value is -2.31. The lowest BCUT2D eigenvalue weighted by atomic mass is 9.35. The summed E-state index contributed by atoms with van der Waals surface area (Å²) in [7, 11) is 0. The van der Waals surface area contributed by atoms with E-state index in [1.165, 1.54) is 0 Å². The molecule has 0 aromatic carbocycles. The van der Waals surface area contributed by atoms with Crippen molar-refractivity contribution in [2.45, 2.75) is 99.0 Å². The lowest BCUT2D eigenvalue weighted by Crippen LogP contribution is -2.66. The largest absolute Gasteiger partial charge is 0.295 e. The van der Waals surface area contributed by atoms with Crippen molar-refractivity contribution < 1.29 is 14.4 Å². The van der Waals surface area contributed by atoms with Crippen molar-refractivity contribution in [1.82, 2.24) is 0 Å². The summed E-state index contributed by atoms with van der Waals surface area (Å²) in [6.07, 6.45) is 11.8. The second-order valence-corrected chi connectivity index (χ2v) is 14.6. The summed E-state index contributed by atoms with van der Waals surface area (Å²) in [4.78, 5) is 43.5. The number of rotatable bonds is 1. The van der Waals surface area contributed by atoms with Crippen LogP contribution in [0.5, 0.6) is 0 Å². The van der Waals surface area contributed by atoms with Crippen LogP contribution in [0.2, 0.25) is 0 Å². The minimum atomic E-state index is -0.661. The minimum Gasteiger partial charge on any atom is -0.295 e. The van der Waals surface area contributed by atoms with Crippen molar-refractivity contribution in [1.29, 1.82) is 5.26 Å². The van der Waals surface area contributed by atoms with Crippen molar-refractivity contribution >= 4 is 17.6 Å². The summed E-state index contributed by atoms with van der Waals surface area (Å²) in [5.74, 6) is -0.0844. The SMILES string of the molecule is CC1(C)CCC2(N=C=O)CC[C@]3(C)C(C(=O)C=C4[C@@]5(C)C=C(C#N)C(=O)C(C)(C)[C@@H]5CC[C@]43C)[C@@H]2C1. The van der Waals surface area contributed by atoms with E-state index in [4.69, 9.17) is 0 Å². The van der Waals surface area contributed by atoms with Crippen LogP contribution in [0.25, 0.3) is 0 Å². The summed E-state index contributed by atoms with van der Waals surface area (Å²) in [6, 6.07) is 2.17. The number of isocyanates is 1. The van der Waals surface area contributed by atoms with Gasteiger partial charge in [0, 0.05) is 16.7 Å². The lowest BCUT2D eigenvalue weighted by Gasteiger charge is -2.68. The minimum absolute atomic E-state index is 0.0173. The number of aliphatic imine (C=N–C) groups is 1. The summed E-state index contributed by atoms with van der Waals surface area (Å²) in [6.45, 7) is 15.3. The number of Topliss-reactive ketones (excluding diaryl/α,β-unsaturated/α-hetero) is 1. The molecule has 192 valence electrons. The van der Waals surface area contributed by atoms with Crippen molar-refractivity contribution in [2.24, 2.45) is 49.8 Å². The highest BCUT2D eigenvalue weighted by atomic mass is 16.1. The van der Waals surface area contributed by atoms with Crippen LogP contribution in [0.1, 0.15) is 93.4 Å². The van der Waals surface area contributed by atoms with E-state index in [9.17, 15) is 19.6 Å². The molecule has 5 rings (SSSR count). The highest BCUT2D eigenvalue weighted by molar-refractivity contribution is 6.04. The summed E-state index contributed by atoms with van der Waals surface area (Å²) < 4.78 is 0. The number of ketones is 2. The molecular weight excluding hydrogens is 448 g/mol.